The minimum atomic E-state index is -0.490. The fourth-order valence-corrected chi connectivity index (χ4v) is 1.55. The number of anilines is 1. The van der Waals surface area contributed by atoms with Crippen molar-refractivity contribution in [2.45, 2.75) is 0 Å². The standard InChI is InChI=1S/C13H12N2O2/c1-17-13(16)12-7-11(14)10(8-15-12)9-5-3-2-4-6-9/h2-8H,1H3,(H2,14,15). The Hall–Kier alpha value is -2.36. The molecule has 0 fully saturated rings. The van der Waals surface area contributed by atoms with Crippen LogP contribution in [0.5, 0.6) is 0 Å². The van der Waals surface area contributed by atoms with E-state index in [1.54, 1.807) is 6.20 Å². The van der Waals surface area contributed by atoms with E-state index < -0.39 is 5.97 Å². The van der Waals surface area contributed by atoms with Gasteiger partial charge in [-0.15, -0.1) is 0 Å². The second-order valence-electron chi connectivity index (χ2n) is 3.51. The van der Waals surface area contributed by atoms with Crippen LogP contribution in [-0.4, -0.2) is 18.1 Å². The molecule has 0 amide bonds. The molecule has 1 heterocycles. The van der Waals surface area contributed by atoms with Crippen molar-refractivity contribution in [3.8, 4) is 11.1 Å². The van der Waals surface area contributed by atoms with Gasteiger partial charge in [-0.05, 0) is 11.6 Å². The number of aromatic nitrogens is 1. The van der Waals surface area contributed by atoms with Crippen LogP contribution in [0.4, 0.5) is 5.69 Å². The van der Waals surface area contributed by atoms with Gasteiger partial charge in [-0.3, -0.25) is 0 Å². The molecule has 1 aromatic heterocycles. The van der Waals surface area contributed by atoms with Crippen LogP contribution in [0.3, 0.4) is 0 Å². The highest BCUT2D eigenvalue weighted by Crippen LogP contribution is 2.25. The highest BCUT2D eigenvalue weighted by molar-refractivity contribution is 5.90. The highest BCUT2D eigenvalue weighted by atomic mass is 16.5. The van der Waals surface area contributed by atoms with E-state index in [-0.39, 0.29) is 5.69 Å². The molecule has 0 aliphatic rings. The number of nitrogens with two attached hydrogens (primary N) is 1. The summed E-state index contributed by atoms with van der Waals surface area (Å²) in [5.41, 5.74) is 8.39. The van der Waals surface area contributed by atoms with Gasteiger partial charge in [0.1, 0.15) is 5.69 Å². The number of rotatable bonds is 2. The zero-order valence-corrected chi connectivity index (χ0v) is 9.38. The summed E-state index contributed by atoms with van der Waals surface area (Å²) in [5, 5.41) is 0. The first-order chi connectivity index (χ1) is 8.22. The van der Waals surface area contributed by atoms with E-state index in [0.29, 0.717) is 5.69 Å². The number of pyridine rings is 1. The van der Waals surface area contributed by atoms with E-state index in [1.807, 2.05) is 30.3 Å². The van der Waals surface area contributed by atoms with Gasteiger partial charge in [0.25, 0.3) is 0 Å². The average Bonchev–Trinajstić information content (AvgIpc) is 2.38. The van der Waals surface area contributed by atoms with Crippen molar-refractivity contribution < 1.29 is 9.53 Å². The third-order valence-electron chi connectivity index (χ3n) is 2.42. The fourth-order valence-electron chi connectivity index (χ4n) is 1.55. The second-order valence-corrected chi connectivity index (χ2v) is 3.51. The lowest BCUT2D eigenvalue weighted by Crippen LogP contribution is -2.05. The minimum absolute atomic E-state index is 0.213. The lowest BCUT2D eigenvalue weighted by molar-refractivity contribution is 0.0594. The van der Waals surface area contributed by atoms with Gasteiger partial charge in [-0.2, -0.15) is 0 Å². The Kier molecular flexibility index (Phi) is 3.05. The molecule has 86 valence electrons. The first kappa shape index (κ1) is 11.1. The number of esters is 1. The van der Waals surface area contributed by atoms with Crippen molar-refractivity contribution in [2.75, 3.05) is 12.8 Å². The van der Waals surface area contributed by atoms with E-state index >= 15 is 0 Å². The van der Waals surface area contributed by atoms with Crippen LogP contribution in [-0.2, 0) is 4.74 Å². The number of carbonyl (C=O) groups excluding carboxylic acids is 1. The lowest BCUT2D eigenvalue weighted by Gasteiger charge is -2.06. The van der Waals surface area contributed by atoms with Crippen LogP contribution in [0.2, 0.25) is 0 Å². The summed E-state index contributed by atoms with van der Waals surface area (Å²) in [4.78, 5) is 15.3. The number of methoxy groups -OCH3 is 1. The molecular weight excluding hydrogens is 216 g/mol. The topological polar surface area (TPSA) is 65.2 Å². The van der Waals surface area contributed by atoms with Gasteiger partial charge in [0.05, 0.1) is 7.11 Å². The second kappa shape index (κ2) is 4.65. The van der Waals surface area contributed by atoms with E-state index in [9.17, 15) is 4.79 Å². The molecule has 17 heavy (non-hydrogen) atoms. The Balaban J connectivity index is 2.42. The maximum Gasteiger partial charge on any atom is 0.356 e. The molecule has 0 radical (unpaired) electrons. The molecule has 0 spiro atoms. The molecule has 0 unspecified atom stereocenters. The van der Waals surface area contributed by atoms with Gasteiger partial charge in [-0.1, -0.05) is 30.3 Å². The number of ether oxygens (including phenoxy) is 1. The Labute approximate surface area is 99.1 Å². The molecule has 4 heteroatoms. The summed E-state index contributed by atoms with van der Waals surface area (Å²) >= 11 is 0. The molecule has 4 nitrogen and oxygen atoms in total. The molecule has 0 saturated heterocycles. The molecule has 1 aromatic carbocycles. The van der Waals surface area contributed by atoms with Crippen molar-refractivity contribution in [1.82, 2.24) is 4.98 Å². The number of carbonyl (C=O) groups is 1. The summed E-state index contributed by atoms with van der Waals surface area (Å²) in [6, 6.07) is 11.2. The molecule has 2 N–H and O–H groups in total. The summed E-state index contributed by atoms with van der Waals surface area (Å²) in [6.45, 7) is 0. The molecule has 2 rings (SSSR count). The van der Waals surface area contributed by atoms with Gasteiger partial charge in [0.15, 0.2) is 0 Å². The van der Waals surface area contributed by atoms with Crippen molar-refractivity contribution in [3.05, 3.63) is 48.3 Å². The largest absolute Gasteiger partial charge is 0.464 e. The predicted molar refractivity (Wildman–Crippen MR) is 65.4 cm³/mol. The van der Waals surface area contributed by atoms with Gasteiger partial charge in [0.2, 0.25) is 0 Å². The Bertz CT molecular complexity index is 538. The quantitative estimate of drug-likeness (QED) is 0.799. The first-order valence-corrected chi connectivity index (χ1v) is 5.11. The first-order valence-electron chi connectivity index (χ1n) is 5.11. The number of hydrogen-bond donors (Lipinski definition) is 1. The molecule has 0 aliphatic heterocycles. The van der Waals surface area contributed by atoms with Crippen LogP contribution in [0.1, 0.15) is 10.5 Å². The Morgan fingerprint density at radius 1 is 1.29 bits per heavy atom. The predicted octanol–water partition coefficient (Wildman–Crippen LogP) is 2.12. The highest BCUT2D eigenvalue weighted by Gasteiger charge is 2.10. The van der Waals surface area contributed by atoms with Crippen molar-refractivity contribution >= 4 is 11.7 Å². The van der Waals surface area contributed by atoms with Crippen LogP contribution >= 0.6 is 0 Å². The monoisotopic (exact) mass is 228 g/mol. The number of hydrogen-bond acceptors (Lipinski definition) is 4. The normalized spacial score (nSPS) is 9.94. The molecule has 0 bridgehead atoms. The third kappa shape index (κ3) is 2.25. The number of nitrogen functional groups attached to an aromatic ring is 1. The van der Waals surface area contributed by atoms with Gasteiger partial charge < -0.3 is 10.5 Å². The Morgan fingerprint density at radius 2 is 2.00 bits per heavy atom. The molecule has 2 aromatic rings. The van der Waals surface area contributed by atoms with Crippen LogP contribution in [0.25, 0.3) is 11.1 Å². The lowest BCUT2D eigenvalue weighted by atomic mass is 10.1. The maximum absolute atomic E-state index is 11.3. The summed E-state index contributed by atoms with van der Waals surface area (Å²) in [7, 11) is 1.31. The zero-order valence-electron chi connectivity index (χ0n) is 9.38. The van der Waals surface area contributed by atoms with Gasteiger partial charge in [0, 0.05) is 17.4 Å². The molecule has 0 atom stereocenters. The fraction of sp³-hybridized carbons (Fsp3) is 0.0769. The summed E-state index contributed by atoms with van der Waals surface area (Å²) in [6.07, 6.45) is 1.58. The number of nitrogens with zero attached hydrogens (tertiary/aromatic N) is 1. The molecular formula is C13H12N2O2. The van der Waals surface area contributed by atoms with Crippen molar-refractivity contribution in [2.24, 2.45) is 0 Å². The van der Waals surface area contributed by atoms with Crippen LogP contribution in [0, 0.1) is 0 Å². The maximum atomic E-state index is 11.3. The Morgan fingerprint density at radius 3 is 2.59 bits per heavy atom. The minimum Gasteiger partial charge on any atom is -0.464 e. The van der Waals surface area contributed by atoms with Crippen molar-refractivity contribution in [3.63, 3.8) is 0 Å². The molecule has 0 aliphatic carbocycles. The summed E-state index contributed by atoms with van der Waals surface area (Å²) < 4.78 is 4.58. The van der Waals surface area contributed by atoms with Crippen LogP contribution < -0.4 is 5.73 Å². The number of benzene rings is 1. The van der Waals surface area contributed by atoms with E-state index in [0.717, 1.165) is 11.1 Å². The zero-order chi connectivity index (χ0) is 12.3. The molecule has 0 saturated carbocycles. The van der Waals surface area contributed by atoms with Gasteiger partial charge in [-0.25, -0.2) is 9.78 Å². The third-order valence-corrected chi connectivity index (χ3v) is 2.42. The smallest absolute Gasteiger partial charge is 0.356 e. The van der Waals surface area contributed by atoms with Crippen molar-refractivity contribution in [1.29, 1.82) is 0 Å². The SMILES string of the molecule is COC(=O)c1cc(N)c(-c2ccccc2)cn1. The van der Waals surface area contributed by atoms with E-state index in [4.69, 9.17) is 5.73 Å². The van der Waals surface area contributed by atoms with E-state index in [2.05, 4.69) is 9.72 Å². The van der Waals surface area contributed by atoms with Gasteiger partial charge >= 0.3 is 5.97 Å². The van der Waals surface area contributed by atoms with Crippen LogP contribution in [0.15, 0.2) is 42.6 Å². The summed E-state index contributed by atoms with van der Waals surface area (Å²) in [5.74, 6) is -0.490. The average molecular weight is 228 g/mol. The van der Waals surface area contributed by atoms with E-state index in [1.165, 1.54) is 13.2 Å².